The summed E-state index contributed by atoms with van der Waals surface area (Å²) in [6, 6.07) is 17.1. The van der Waals surface area contributed by atoms with Crippen LogP contribution in [0.15, 0.2) is 60.2 Å². The second kappa shape index (κ2) is 8.68. The number of rotatable bonds is 5. The summed E-state index contributed by atoms with van der Waals surface area (Å²) in [5.74, 6) is -1.57. The molecule has 6 nitrogen and oxygen atoms in total. The van der Waals surface area contributed by atoms with E-state index in [9.17, 15) is 20.0 Å². The average molecular weight is 420 g/mol. The summed E-state index contributed by atoms with van der Waals surface area (Å²) in [5.41, 5.74) is 3.32. The second-order valence-corrected chi connectivity index (χ2v) is 7.03. The van der Waals surface area contributed by atoms with Crippen LogP contribution in [0.1, 0.15) is 27.3 Å². The topological polar surface area (TPSA) is 95.1 Å². The number of para-hydroxylation sites is 1. The Labute approximate surface area is 178 Å². The Hall–Kier alpha value is -3.82. The van der Waals surface area contributed by atoms with Crippen LogP contribution in [0.5, 0.6) is 0 Å². The number of carbonyl (C=O) groups is 2. The Morgan fingerprint density at radius 3 is 2.47 bits per heavy atom. The van der Waals surface area contributed by atoms with Gasteiger partial charge in [-0.3, -0.25) is 4.79 Å². The summed E-state index contributed by atoms with van der Waals surface area (Å²) in [6.07, 6.45) is 1.51. The summed E-state index contributed by atoms with van der Waals surface area (Å²) >= 11 is 6.32. The molecule has 0 spiro atoms. The number of hydrogen-bond acceptors (Lipinski definition) is 3. The Bertz CT molecular complexity index is 1200. The lowest BCUT2D eigenvalue weighted by Crippen LogP contribution is -2.13. The summed E-state index contributed by atoms with van der Waals surface area (Å²) in [7, 11) is 0. The fourth-order valence-corrected chi connectivity index (χ4v) is 3.35. The summed E-state index contributed by atoms with van der Waals surface area (Å²) < 4.78 is 1.80. The maximum absolute atomic E-state index is 12.5. The minimum absolute atomic E-state index is 0.0514. The molecule has 3 rings (SSSR count). The van der Waals surface area contributed by atoms with Crippen LogP contribution in [0.3, 0.4) is 0 Å². The maximum atomic E-state index is 12.5. The van der Waals surface area contributed by atoms with Crippen molar-refractivity contribution >= 4 is 35.2 Å². The van der Waals surface area contributed by atoms with E-state index in [-0.39, 0.29) is 11.1 Å². The molecule has 0 aliphatic heterocycles. The van der Waals surface area contributed by atoms with Gasteiger partial charge in [0, 0.05) is 17.1 Å². The quantitative estimate of drug-likeness (QED) is 0.449. The van der Waals surface area contributed by atoms with E-state index >= 15 is 0 Å². The largest absolute Gasteiger partial charge is 0.478 e. The fourth-order valence-electron chi connectivity index (χ4n) is 3.15. The second-order valence-electron chi connectivity index (χ2n) is 6.62. The number of nitrogens with zero attached hydrogens (tertiary/aromatic N) is 2. The summed E-state index contributed by atoms with van der Waals surface area (Å²) in [6.45, 7) is 3.65. The van der Waals surface area contributed by atoms with E-state index in [1.807, 2.05) is 32.0 Å². The highest BCUT2D eigenvalue weighted by atomic mass is 35.5. The highest BCUT2D eigenvalue weighted by Gasteiger charge is 2.16. The number of carbonyl (C=O) groups excluding carboxylic acids is 1. The number of aryl methyl sites for hydroxylation is 1. The van der Waals surface area contributed by atoms with Crippen molar-refractivity contribution in [2.24, 2.45) is 0 Å². The maximum Gasteiger partial charge on any atom is 0.335 e. The number of nitriles is 1. The van der Waals surface area contributed by atoms with E-state index in [2.05, 4.69) is 5.32 Å². The van der Waals surface area contributed by atoms with Gasteiger partial charge in [0.1, 0.15) is 11.6 Å². The lowest BCUT2D eigenvalue weighted by Gasteiger charge is -2.12. The Morgan fingerprint density at radius 1 is 1.13 bits per heavy atom. The van der Waals surface area contributed by atoms with Gasteiger partial charge in [-0.05, 0) is 61.9 Å². The van der Waals surface area contributed by atoms with Crippen molar-refractivity contribution in [3.8, 4) is 11.8 Å². The van der Waals surface area contributed by atoms with Crippen LogP contribution >= 0.6 is 11.6 Å². The first-order valence-electron chi connectivity index (χ1n) is 9.02. The molecule has 0 aliphatic rings. The van der Waals surface area contributed by atoms with Crippen LogP contribution in [0, 0.1) is 25.2 Å². The Morgan fingerprint density at radius 2 is 1.83 bits per heavy atom. The zero-order valence-corrected chi connectivity index (χ0v) is 17.1. The number of carboxylic acids is 1. The van der Waals surface area contributed by atoms with Gasteiger partial charge in [0.05, 0.1) is 16.3 Å². The molecule has 30 heavy (non-hydrogen) atoms. The molecule has 150 valence electrons. The van der Waals surface area contributed by atoms with Crippen molar-refractivity contribution < 1.29 is 14.7 Å². The number of aromatic carboxylic acids is 1. The van der Waals surface area contributed by atoms with Crippen LogP contribution < -0.4 is 5.32 Å². The number of anilines is 1. The molecular formula is C23H18ClN3O3. The lowest BCUT2D eigenvalue weighted by atomic mass is 10.1. The number of nitrogens with one attached hydrogen (secondary N) is 1. The van der Waals surface area contributed by atoms with Crippen molar-refractivity contribution in [2.45, 2.75) is 13.8 Å². The molecule has 0 bridgehead atoms. The van der Waals surface area contributed by atoms with Crippen LogP contribution in [-0.4, -0.2) is 21.6 Å². The minimum atomic E-state index is -1.06. The first-order chi connectivity index (χ1) is 14.3. The zero-order chi connectivity index (χ0) is 21.8. The van der Waals surface area contributed by atoms with Crippen molar-refractivity contribution in [3.63, 3.8) is 0 Å². The third-order valence-electron chi connectivity index (χ3n) is 4.60. The molecule has 3 aromatic rings. The first kappa shape index (κ1) is 20.9. The fraction of sp³-hybridized carbons (Fsp3) is 0.0870. The van der Waals surface area contributed by atoms with Crippen LogP contribution in [0.4, 0.5) is 5.69 Å². The van der Waals surface area contributed by atoms with Gasteiger partial charge in [-0.15, -0.1) is 0 Å². The third kappa shape index (κ3) is 4.27. The van der Waals surface area contributed by atoms with Crippen molar-refractivity contribution in [1.29, 1.82) is 5.26 Å². The number of halogens is 1. The number of aromatic nitrogens is 1. The summed E-state index contributed by atoms with van der Waals surface area (Å²) in [4.78, 5) is 23.8. The smallest absolute Gasteiger partial charge is 0.335 e. The summed E-state index contributed by atoms with van der Waals surface area (Å²) in [5, 5.41) is 21.9. The number of carboxylic acid groups (broad SMARTS) is 1. The average Bonchev–Trinajstić information content (AvgIpc) is 3.00. The molecule has 2 N–H and O–H groups in total. The van der Waals surface area contributed by atoms with Crippen molar-refractivity contribution in [1.82, 2.24) is 4.57 Å². The van der Waals surface area contributed by atoms with E-state index in [4.69, 9.17) is 11.6 Å². The first-order valence-corrected chi connectivity index (χ1v) is 9.40. The normalized spacial score (nSPS) is 11.1. The van der Waals surface area contributed by atoms with E-state index < -0.39 is 11.9 Å². The van der Waals surface area contributed by atoms with Gasteiger partial charge < -0.3 is 15.0 Å². The van der Waals surface area contributed by atoms with Gasteiger partial charge in [0.25, 0.3) is 5.91 Å². The zero-order valence-electron chi connectivity index (χ0n) is 16.3. The molecule has 0 radical (unpaired) electrons. The van der Waals surface area contributed by atoms with E-state index in [0.29, 0.717) is 22.0 Å². The minimum Gasteiger partial charge on any atom is -0.478 e. The highest BCUT2D eigenvalue weighted by molar-refractivity contribution is 6.32. The number of amides is 1. The molecule has 1 aromatic heterocycles. The monoisotopic (exact) mass is 419 g/mol. The van der Waals surface area contributed by atoms with Crippen LogP contribution in [-0.2, 0) is 4.79 Å². The predicted molar refractivity (Wildman–Crippen MR) is 116 cm³/mol. The number of hydrogen-bond donors (Lipinski definition) is 2. The van der Waals surface area contributed by atoms with Crippen LogP contribution in [0.2, 0.25) is 5.02 Å². The molecule has 0 unspecified atom stereocenters. The molecule has 1 heterocycles. The van der Waals surface area contributed by atoms with E-state index in [1.165, 1.54) is 24.3 Å². The highest BCUT2D eigenvalue weighted by Crippen LogP contribution is 2.28. The van der Waals surface area contributed by atoms with E-state index in [1.54, 1.807) is 28.8 Å². The lowest BCUT2D eigenvalue weighted by molar-refractivity contribution is -0.112. The van der Waals surface area contributed by atoms with Gasteiger partial charge in [-0.1, -0.05) is 29.8 Å². The molecule has 0 atom stereocenters. The predicted octanol–water partition coefficient (Wildman–Crippen LogP) is 4.99. The van der Waals surface area contributed by atoms with Gasteiger partial charge in [0.2, 0.25) is 0 Å². The molecule has 1 amide bonds. The van der Waals surface area contributed by atoms with Gasteiger partial charge in [0.15, 0.2) is 0 Å². The number of benzene rings is 2. The molecule has 2 aromatic carbocycles. The van der Waals surface area contributed by atoms with Gasteiger partial charge >= 0.3 is 5.97 Å². The molecule has 7 heteroatoms. The third-order valence-corrected chi connectivity index (χ3v) is 4.92. The molecule has 0 fully saturated rings. The van der Waals surface area contributed by atoms with Crippen molar-refractivity contribution in [3.05, 3.63) is 87.7 Å². The standard InChI is InChI=1S/C23H18ClN3O3/c1-14-10-17(11-18(13-25)22(28)26-19-6-4-3-5-7-19)15(2)27(14)21-12-16(23(29)30)8-9-20(21)24/h3-12H,1-2H3,(H,26,28)(H,29,30)/b18-11-. The van der Waals surface area contributed by atoms with Gasteiger partial charge in [-0.2, -0.15) is 5.26 Å². The molecule has 0 saturated carbocycles. The van der Waals surface area contributed by atoms with E-state index in [0.717, 1.165) is 11.4 Å². The molecule has 0 saturated heterocycles. The van der Waals surface area contributed by atoms with Crippen LogP contribution in [0.25, 0.3) is 11.8 Å². The SMILES string of the molecule is Cc1cc(/C=C(/C#N)C(=O)Nc2ccccc2)c(C)n1-c1cc(C(=O)O)ccc1Cl. The molecular weight excluding hydrogens is 402 g/mol. The molecule has 0 aliphatic carbocycles. The Balaban J connectivity index is 2.01. The Kier molecular flexibility index (Phi) is 6.05. The van der Waals surface area contributed by atoms with Crippen molar-refractivity contribution in [2.75, 3.05) is 5.32 Å². The van der Waals surface area contributed by atoms with Gasteiger partial charge in [-0.25, -0.2) is 4.79 Å².